The van der Waals surface area contributed by atoms with E-state index < -0.39 is 0 Å². The van der Waals surface area contributed by atoms with Gasteiger partial charge in [-0.3, -0.25) is 9.69 Å². The monoisotopic (exact) mass is 345 g/mol. The van der Waals surface area contributed by atoms with Crippen molar-refractivity contribution in [3.63, 3.8) is 0 Å². The zero-order chi connectivity index (χ0) is 17.6. The largest absolute Gasteiger partial charge is 0.354 e. The molecule has 3 heterocycles. The number of aromatic nitrogens is 1. The fraction of sp³-hybridized carbons (Fsp3) is 0.684. The van der Waals surface area contributed by atoms with Gasteiger partial charge in [0.15, 0.2) is 0 Å². The smallest absolute Gasteiger partial charge is 0.223 e. The highest BCUT2D eigenvalue weighted by Crippen LogP contribution is 2.19. The van der Waals surface area contributed by atoms with Crippen LogP contribution in [0.5, 0.6) is 0 Å². The highest BCUT2D eigenvalue weighted by atomic mass is 16.2. The molecule has 138 valence electrons. The number of rotatable bonds is 5. The van der Waals surface area contributed by atoms with Gasteiger partial charge >= 0.3 is 0 Å². The summed E-state index contributed by atoms with van der Waals surface area (Å²) in [6, 6.07) is 6.21. The van der Waals surface area contributed by atoms with E-state index in [1.165, 1.54) is 0 Å². The number of hydrogen-bond acceptors (Lipinski definition) is 5. The Kier molecular flexibility index (Phi) is 6.26. The molecule has 25 heavy (non-hydrogen) atoms. The lowest BCUT2D eigenvalue weighted by atomic mass is 9.92. The second-order valence-electron chi connectivity index (χ2n) is 7.37. The molecular formula is C19H31N5O. The van der Waals surface area contributed by atoms with Crippen LogP contribution in [-0.2, 0) is 4.79 Å². The van der Waals surface area contributed by atoms with E-state index in [0.29, 0.717) is 12.3 Å². The Morgan fingerprint density at radius 1 is 1.28 bits per heavy atom. The molecule has 2 saturated heterocycles. The average molecular weight is 345 g/mol. The number of amides is 1. The Morgan fingerprint density at radius 3 is 2.76 bits per heavy atom. The van der Waals surface area contributed by atoms with E-state index in [9.17, 15) is 4.79 Å². The molecule has 2 aliphatic rings. The number of anilines is 1. The summed E-state index contributed by atoms with van der Waals surface area (Å²) in [4.78, 5) is 23.7. The Bertz CT molecular complexity index is 542. The number of carbonyl (C=O) groups is 1. The molecule has 0 aromatic carbocycles. The molecule has 1 amide bonds. The van der Waals surface area contributed by atoms with E-state index in [-0.39, 0.29) is 11.9 Å². The van der Waals surface area contributed by atoms with Crippen LogP contribution in [0.4, 0.5) is 5.82 Å². The van der Waals surface area contributed by atoms with Gasteiger partial charge in [-0.15, -0.1) is 0 Å². The average Bonchev–Trinajstić information content (AvgIpc) is 2.67. The molecule has 2 unspecified atom stereocenters. The standard InChI is InChI=1S/C19H31N5O/c1-16(20)17-5-4-9-24(15-17)19(25)7-10-22-11-13-23(14-12-22)18-6-2-3-8-21-18/h2-3,6,8,16-17H,4-5,7,9-15,20H2,1H3. The number of likely N-dealkylation sites (tertiary alicyclic amines) is 1. The maximum Gasteiger partial charge on any atom is 0.223 e. The summed E-state index contributed by atoms with van der Waals surface area (Å²) in [7, 11) is 0. The number of piperidine rings is 1. The molecule has 0 radical (unpaired) electrons. The number of nitrogens with zero attached hydrogens (tertiary/aromatic N) is 4. The minimum Gasteiger partial charge on any atom is -0.354 e. The third-order valence-electron chi connectivity index (χ3n) is 5.54. The van der Waals surface area contributed by atoms with Crippen LogP contribution in [0.2, 0.25) is 0 Å². The second-order valence-corrected chi connectivity index (χ2v) is 7.37. The molecule has 3 rings (SSSR count). The van der Waals surface area contributed by atoms with Gasteiger partial charge in [0.2, 0.25) is 5.91 Å². The molecule has 0 spiro atoms. The van der Waals surface area contributed by atoms with Crippen molar-refractivity contribution < 1.29 is 4.79 Å². The second kappa shape index (κ2) is 8.63. The first kappa shape index (κ1) is 18.1. The summed E-state index contributed by atoms with van der Waals surface area (Å²) in [5, 5.41) is 0. The predicted molar refractivity (Wildman–Crippen MR) is 100 cm³/mol. The van der Waals surface area contributed by atoms with Gasteiger partial charge in [-0.25, -0.2) is 4.98 Å². The van der Waals surface area contributed by atoms with Crippen molar-refractivity contribution >= 4 is 11.7 Å². The molecule has 2 atom stereocenters. The van der Waals surface area contributed by atoms with Gasteiger partial charge in [0, 0.05) is 64.5 Å². The van der Waals surface area contributed by atoms with E-state index in [4.69, 9.17) is 5.73 Å². The zero-order valence-corrected chi connectivity index (χ0v) is 15.3. The Hall–Kier alpha value is -1.66. The molecule has 1 aromatic heterocycles. The quantitative estimate of drug-likeness (QED) is 0.868. The predicted octanol–water partition coefficient (Wildman–Crippen LogP) is 1.18. The SMILES string of the molecule is CC(N)C1CCCN(C(=O)CCN2CCN(c3ccccn3)CC2)C1. The lowest BCUT2D eigenvalue weighted by Crippen LogP contribution is -2.48. The van der Waals surface area contributed by atoms with Crippen molar-refractivity contribution in [2.45, 2.75) is 32.2 Å². The molecular weight excluding hydrogens is 314 g/mol. The molecule has 2 fully saturated rings. The van der Waals surface area contributed by atoms with Crippen LogP contribution in [-0.4, -0.2) is 72.5 Å². The Balaban J connectivity index is 1.40. The van der Waals surface area contributed by atoms with E-state index in [1.807, 2.05) is 23.2 Å². The van der Waals surface area contributed by atoms with Gasteiger partial charge in [-0.1, -0.05) is 6.07 Å². The number of piperazine rings is 1. The van der Waals surface area contributed by atoms with Gasteiger partial charge < -0.3 is 15.5 Å². The van der Waals surface area contributed by atoms with Crippen LogP contribution in [0.3, 0.4) is 0 Å². The van der Waals surface area contributed by atoms with E-state index in [2.05, 4.69) is 27.8 Å². The van der Waals surface area contributed by atoms with Crippen molar-refractivity contribution in [2.24, 2.45) is 11.7 Å². The van der Waals surface area contributed by atoms with Crippen molar-refractivity contribution in [1.82, 2.24) is 14.8 Å². The molecule has 2 N–H and O–H groups in total. The van der Waals surface area contributed by atoms with Crippen LogP contribution in [0.1, 0.15) is 26.2 Å². The number of hydrogen-bond donors (Lipinski definition) is 1. The first-order valence-electron chi connectivity index (χ1n) is 9.55. The molecule has 6 nitrogen and oxygen atoms in total. The summed E-state index contributed by atoms with van der Waals surface area (Å²) in [5.74, 6) is 1.80. The third-order valence-corrected chi connectivity index (χ3v) is 5.54. The Morgan fingerprint density at radius 2 is 2.08 bits per heavy atom. The van der Waals surface area contributed by atoms with Crippen LogP contribution in [0.15, 0.2) is 24.4 Å². The lowest BCUT2D eigenvalue weighted by Gasteiger charge is -2.37. The summed E-state index contributed by atoms with van der Waals surface area (Å²) >= 11 is 0. The van der Waals surface area contributed by atoms with Crippen LogP contribution < -0.4 is 10.6 Å². The fourth-order valence-corrected chi connectivity index (χ4v) is 3.82. The lowest BCUT2D eigenvalue weighted by molar-refractivity contribution is -0.133. The van der Waals surface area contributed by atoms with Crippen LogP contribution in [0, 0.1) is 5.92 Å². The normalized spacial score (nSPS) is 23.5. The van der Waals surface area contributed by atoms with Crippen LogP contribution in [0.25, 0.3) is 0 Å². The van der Waals surface area contributed by atoms with Crippen molar-refractivity contribution in [2.75, 3.05) is 50.7 Å². The van der Waals surface area contributed by atoms with Crippen molar-refractivity contribution in [3.8, 4) is 0 Å². The van der Waals surface area contributed by atoms with Gasteiger partial charge in [0.1, 0.15) is 5.82 Å². The van der Waals surface area contributed by atoms with Crippen molar-refractivity contribution in [3.05, 3.63) is 24.4 Å². The number of carbonyl (C=O) groups excluding carboxylic acids is 1. The van der Waals surface area contributed by atoms with E-state index >= 15 is 0 Å². The molecule has 6 heteroatoms. The minimum absolute atomic E-state index is 0.176. The maximum absolute atomic E-state index is 12.5. The molecule has 0 bridgehead atoms. The minimum atomic E-state index is 0.176. The Labute approximate surface area is 151 Å². The van der Waals surface area contributed by atoms with Gasteiger partial charge in [-0.2, -0.15) is 0 Å². The first-order chi connectivity index (χ1) is 12.1. The van der Waals surface area contributed by atoms with Crippen molar-refractivity contribution in [1.29, 1.82) is 0 Å². The third kappa shape index (κ3) is 4.92. The molecule has 0 saturated carbocycles. The number of pyridine rings is 1. The molecule has 2 aliphatic heterocycles. The highest BCUT2D eigenvalue weighted by molar-refractivity contribution is 5.76. The topological polar surface area (TPSA) is 65.7 Å². The summed E-state index contributed by atoms with van der Waals surface area (Å²) in [5.41, 5.74) is 6.03. The zero-order valence-electron chi connectivity index (χ0n) is 15.3. The van der Waals surface area contributed by atoms with E-state index in [1.54, 1.807) is 0 Å². The molecule has 1 aromatic rings. The number of nitrogens with two attached hydrogens (primary N) is 1. The van der Waals surface area contributed by atoms with Gasteiger partial charge in [-0.05, 0) is 37.8 Å². The summed E-state index contributed by atoms with van der Waals surface area (Å²) < 4.78 is 0. The van der Waals surface area contributed by atoms with Gasteiger partial charge in [0.25, 0.3) is 0 Å². The fourth-order valence-electron chi connectivity index (χ4n) is 3.82. The van der Waals surface area contributed by atoms with E-state index in [0.717, 1.165) is 64.5 Å². The summed E-state index contributed by atoms with van der Waals surface area (Å²) in [6.45, 7) is 8.58. The maximum atomic E-state index is 12.5. The summed E-state index contributed by atoms with van der Waals surface area (Å²) in [6.07, 6.45) is 4.70. The van der Waals surface area contributed by atoms with Crippen LogP contribution >= 0.6 is 0 Å². The highest BCUT2D eigenvalue weighted by Gasteiger charge is 2.26. The first-order valence-corrected chi connectivity index (χ1v) is 9.55. The molecule has 0 aliphatic carbocycles. The van der Waals surface area contributed by atoms with Gasteiger partial charge in [0.05, 0.1) is 0 Å².